The van der Waals surface area contributed by atoms with E-state index < -0.39 is 5.60 Å². The summed E-state index contributed by atoms with van der Waals surface area (Å²) in [6, 6.07) is 8.84. The van der Waals surface area contributed by atoms with Crippen LogP contribution in [-0.2, 0) is 11.2 Å². The molecule has 0 radical (unpaired) electrons. The standard InChI is InChI=1S/C16H25NO2/c1-13(2)17-8-9-19-16(11-17,12-18)10-15-7-5-4-6-14(15)3/h4-7,13,18H,8-12H2,1-3H3. The van der Waals surface area contributed by atoms with Crippen LogP contribution in [0.15, 0.2) is 24.3 Å². The second-order valence-electron chi connectivity index (χ2n) is 5.86. The summed E-state index contributed by atoms with van der Waals surface area (Å²) < 4.78 is 5.96. The molecule has 1 unspecified atom stereocenters. The third kappa shape index (κ3) is 3.35. The molecule has 1 saturated heterocycles. The molecule has 106 valence electrons. The third-order valence-electron chi connectivity index (χ3n) is 4.07. The van der Waals surface area contributed by atoms with Gasteiger partial charge in [0.15, 0.2) is 0 Å². The van der Waals surface area contributed by atoms with Crippen LogP contribution >= 0.6 is 0 Å². The van der Waals surface area contributed by atoms with Gasteiger partial charge in [-0.3, -0.25) is 4.90 Å². The summed E-state index contributed by atoms with van der Waals surface area (Å²) in [5, 5.41) is 9.84. The average molecular weight is 263 g/mol. The summed E-state index contributed by atoms with van der Waals surface area (Å²) in [6.07, 6.45) is 0.777. The van der Waals surface area contributed by atoms with Crippen molar-refractivity contribution in [1.82, 2.24) is 4.90 Å². The lowest BCUT2D eigenvalue weighted by atomic mass is 9.90. The molecule has 0 amide bonds. The van der Waals surface area contributed by atoms with Gasteiger partial charge in [-0.05, 0) is 31.9 Å². The Kier molecular flexibility index (Phi) is 4.61. The molecule has 1 heterocycles. The Labute approximate surface area is 116 Å². The predicted octanol–water partition coefficient (Wildman–Crippen LogP) is 2.01. The fraction of sp³-hybridized carbons (Fsp3) is 0.625. The van der Waals surface area contributed by atoms with E-state index in [1.165, 1.54) is 11.1 Å². The Morgan fingerprint density at radius 1 is 1.37 bits per heavy atom. The zero-order valence-corrected chi connectivity index (χ0v) is 12.2. The normalized spacial score (nSPS) is 24.9. The van der Waals surface area contributed by atoms with Gasteiger partial charge >= 0.3 is 0 Å². The molecule has 3 nitrogen and oxygen atoms in total. The summed E-state index contributed by atoms with van der Waals surface area (Å²) in [7, 11) is 0. The van der Waals surface area contributed by atoms with Crippen LogP contribution in [0.4, 0.5) is 0 Å². The molecule has 1 N–H and O–H groups in total. The molecule has 1 aromatic carbocycles. The van der Waals surface area contributed by atoms with Crippen molar-refractivity contribution in [3.8, 4) is 0 Å². The number of aliphatic hydroxyl groups is 1. The van der Waals surface area contributed by atoms with Gasteiger partial charge < -0.3 is 9.84 Å². The number of hydrogen-bond acceptors (Lipinski definition) is 3. The van der Waals surface area contributed by atoms with E-state index in [0.29, 0.717) is 12.6 Å². The molecular formula is C16H25NO2. The number of rotatable bonds is 4. The molecule has 1 aliphatic heterocycles. The van der Waals surface area contributed by atoms with Crippen LogP contribution in [0.2, 0.25) is 0 Å². The number of hydrogen-bond donors (Lipinski definition) is 1. The molecule has 0 aliphatic carbocycles. The minimum atomic E-state index is -0.450. The molecule has 3 heteroatoms. The lowest BCUT2D eigenvalue weighted by Crippen LogP contribution is -2.57. The fourth-order valence-electron chi connectivity index (χ4n) is 2.73. The van der Waals surface area contributed by atoms with E-state index in [0.717, 1.165) is 19.5 Å². The third-order valence-corrected chi connectivity index (χ3v) is 4.07. The molecule has 0 saturated carbocycles. The van der Waals surface area contributed by atoms with E-state index in [-0.39, 0.29) is 6.61 Å². The first-order chi connectivity index (χ1) is 9.06. The molecule has 0 aromatic heterocycles. The lowest BCUT2D eigenvalue weighted by Gasteiger charge is -2.43. The van der Waals surface area contributed by atoms with E-state index in [9.17, 15) is 5.11 Å². The van der Waals surface area contributed by atoms with E-state index in [1.54, 1.807) is 0 Å². The van der Waals surface area contributed by atoms with Gasteiger partial charge in [-0.2, -0.15) is 0 Å². The molecule has 1 atom stereocenters. The Balaban J connectivity index is 2.16. The monoisotopic (exact) mass is 263 g/mol. The average Bonchev–Trinajstić information content (AvgIpc) is 2.42. The summed E-state index contributed by atoms with van der Waals surface area (Å²) in [6.45, 7) is 9.03. The first-order valence-electron chi connectivity index (χ1n) is 7.10. The second kappa shape index (κ2) is 6.04. The van der Waals surface area contributed by atoms with Crippen molar-refractivity contribution >= 4 is 0 Å². The lowest BCUT2D eigenvalue weighted by molar-refractivity contribution is -0.138. The number of morpholine rings is 1. The van der Waals surface area contributed by atoms with Crippen LogP contribution in [0.5, 0.6) is 0 Å². The van der Waals surface area contributed by atoms with Crippen molar-refractivity contribution in [1.29, 1.82) is 0 Å². The van der Waals surface area contributed by atoms with Crippen molar-refractivity contribution in [2.75, 3.05) is 26.3 Å². The summed E-state index contributed by atoms with van der Waals surface area (Å²) in [4.78, 5) is 2.39. The van der Waals surface area contributed by atoms with E-state index in [4.69, 9.17) is 4.74 Å². The maximum Gasteiger partial charge on any atom is 0.108 e. The highest BCUT2D eigenvalue weighted by Gasteiger charge is 2.37. The molecule has 19 heavy (non-hydrogen) atoms. The first kappa shape index (κ1) is 14.5. The number of aliphatic hydroxyl groups excluding tert-OH is 1. The van der Waals surface area contributed by atoms with Crippen LogP contribution in [0, 0.1) is 6.92 Å². The minimum Gasteiger partial charge on any atom is -0.393 e. The Bertz CT molecular complexity index is 419. The van der Waals surface area contributed by atoms with E-state index in [1.807, 2.05) is 6.07 Å². The Hall–Kier alpha value is -0.900. The van der Waals surface area contributed by atoms with Crippen molar-refractivity contribution in [2.45, 2.75) is 38.8 Å². The molecule has 1 fully saturated rings. The van der Waals surface area contributed by atoms with Gasteiger partial charge in [-0.15, -0.1) is 0 Å². The van der Waals surface area contributed by atoms with Gasteiger partial charge in [0.2, 0.25) is 0 Å². The highest BCUT2D eigenvalue weighted by Crippen LogP contribution is 2.25. The number of ether oxygens (including phenoxy) is 1. The zero-order valence-electron chi connectivity index (χ0n) is 12.2. The van der Waals surface area contributed by atoms with E-state index >= 15 is 0 Å². The SMILES string of the molecule is Cc1ccccc1CC1(CO)CN(C(C)C)CCO1. The van der Waals surface area contributed by atoms with Crippen molar-refractivity contribution in [3.63, 3.8) is 0 Å². The van der Waals surface area contributed by atoms with Gasteiger partial charge in [0.25, 0.3) is 0 Å². The van der Waals surface area contributed by atoms with Gasteiger partial charge in [-0.25, -0.2) is 0 Å². The smallest absolute Gasteiger partial charge is 0.108 e. The second-order valence-corrected chi connectivity index (χ2v) is 5.86. The molecule has 2 rings (SSSR count). The van der Waals surface area contributed by atoms with Crippen LogP contribution in [-0.4, -0.2) is 48.0 Å². The molecule has 0 bridgehead atoms. The van der Waals surface area contributed by atoms with Crippen LogP contribution < -0.4 is 0 Å². The number of benzene rings is 1. The first-order valence-corrected chi connectivity index (χ1v) is 7.10. The maximum absolute atomic E-state index is 9.84. The van der Waals surface area contributed by atoms with Crippen molar-refractivity contribution in [2.24, 2.45) is 0 Å². The van der Waals surface area contributed by atoms with Gasteiger partial charge in [-0.1, -0.05) is 24.3 Å². The van der Waals surface area contributed by atoms with Gasteiger partial charge in [0.1, 0.15) is 5.60 Å². The Morgan fingerprint density at radius 2 is 2.11 bits per heavy atom. The highest BCUT2D eigenvalue weighted by atomic mass is 16.5. The predicted molar refractivity (Wildman–Crippen MR) is 77.4 cm³/mol. The topological polar surface area (TPSA) is 32.7 Å². The number of aryl methyl sites for hydroxylation is 1. The fourth-order valence-corrected chi connectivity index (χ4v) is 2.73. The minimum absolute atomic E-state index is 0.0740. The van der Waals surface area contributed by atoms with Gasteiger partial charge in [0, 0.05) is 25.6 Å². The van der Waals surface area contributed by atoms with Crippen LogP contribution in [0.3, 0.4) is 0 Å². The quantitative estimate of drug-likeness (QED) is 0.902. The molecule has 1 aliphatic rings. The maximum atomic E-state index is 9.84. The largest absolute Gasteiger partial charge is 0.393 e. The Morgan fingerprint density at radius 3 is 2.74 bits per heavy atom. The summed E-state index contributed by atoms with van der Waals surface area (Å²) in [5.41, 5.74) is 2.08. The van der Waals surface area contributed by atoms with E-state index in [2.05, 4.69) is 43.9 Å². The van der Waals surface area contributed by atoms with Crippen molar-refractivity contribution < 1.29 is 9.84 Å². The summed E-state index contributed by atoms with van der Waals surface area (Å²) in [5.74, 6) is 0. The number of nitrogens with zero attached hydrogens (tertiary/aromatic N) is 1. The summed E-state index contributed by atoms with van der Waals surface area (Å²) >= 11 is 0. The molecular weight excluding hydrogens is 238 g/mol. The molecule has 0 spiro atoms. The highest BCUT2D eigenvalue weighted by molar-refractivity contribution is 5.27. The zero-order chi connectivity index (χ0) is 13.9. The van der Waals surface area contributed by atoms with Crippen molar-refractivity contribution in [3.05, 3.63) is 35.4 Å². The molecule has 1 aromatic rings. The van der Waals surface area contributed by atoms with Crippen LogP contribution in [0.1, 0.15) is 25.0 Å². The van der Waals surface area contributed by atoms with Gasteiger partial charge in [0.05, 0.1) is 13.2 Å². The van der Waals surface area contributed by atoms with Crippen LogP contribution in [0.25, 0.3) is 0 Å².